The van der Waals surface area contributed by atoms with Crippen molar-refractivity contribution >= 4 is 39.8 Å². The minimum Gasteiger partial charge on any atom is -0.404 e. The van der Waals surface area contributed by atoms with Crippen molar-refractivity contribution in [3.63, 3.8) is 0 Å². The first-order chi connectivity index (χ1) is 20.3. The number of para-hydroxylation sites is 1. The summed E-state index contributed by atoms with van der Waals surface area (Å²) in [7, 11) is 0. The average molecular weight is 597 g/mol. The monoisotopic (exact) mass is 596 g/mol. The largest absolute Gasteiger partial charge is 0.404 e. The first-order valence-corrected chi connectivity index (χ1v) is 15.4. The van der Waals surface area contributed by atoms with Gasteiger partial charge in [-0.05, 0) is 76.9 Å². The molecule has 3 N–H and O–H groups in total. The summed E-state index contributed by atoms with van der Waals surface area (Å²) < 4.78 is 22.6. The molecule has 10 nitrogen and oxygen atoms in total. The van der Waals surface area contributed by atoms with Crippen molar-refractivity contribution < 1.29 is 24.4 Å². The Kier molecular flexibility index (Phi) is 5.95. The van der Waals surface area contributed by atoms with E-state index in [0.717, 1.165) is 58.3 Å². The molecule has 0 radical (unpaired) electrons. The molecule has 0 bridgehead atoms. The number of rotatable bonds is 5. The zero-order valence-electron chi connectivity index (χ0n) is 23.3. The Morgan fingerprint density at radius 1 is 0.952 bits per heavy atom. The van der Waals surface area contributed by atoms with Crippen molar-refractivity contribution in [1.82, 2.24) is 19.9 Å². The Labute approximate surface area is 247 Å². The Morgan fingerprint density at radius 2 is 1.69 bits per heavy atom. The lowest BCUT2D eigenvalue weighted by Gasteiger charge is -2.41. The lowest BCUT2D eigenvalue weighted by molar-refractivity contribution is -0.349. The van der Waals surface area contributed by atoms with Crippen LogP contribution in [0.15, 0.2) is 24.4 Å². The number of hydrogen-bond donors (Lipinski definition) is 3. The highest BCUT2D eigenvalue weighted by molar-refractivity contribution is 6.33. The molecule has 6 heterocycles. The lowest BCUT2D eigenvalue weighted by Crippen LogP contribution is -2.62. The molecule has 3 saturated heterocycles. The number of aliphatic hydroxyl groups is 3. The highest BCUT2D eigenvalue weighted by Crippen LogP contribution is 2.63. The topological polar surface area (TPSA) is 118 Å². The second kappa shape index (κ2) is 9.33. The van der Waals surface area contributed by atoms with Crippen molar-refractivity contribution in [2.75, 3.05) is 36.0 Å². The molecule has 12 heteroatoms. The van der Waals surface area contributed by atoms with Gasteiger partial charge in [0.1, 0.15) is 23.0 Å². The van der Waals surface area contributed by atoms with E-state index in [-0.39, 0.29) is 17.3 Å². The van der Waals surface area contributed by atoms with Gasteiger partial charge in [0.15, 0.2) is 11.6 Å². The number of pyridine rings is 1. The summed E-state index contributed by atoms with van der Waals surface area (Å²) in [6, 6.07) is 5.02. The van der Waals surface area contributed by atoms with Gasteiger partial charge >= 0.3 is 12.0 Å². The van der Waals surface area contributed by atoms with E-state index in [9.17, 15) is 15.3 Å². The molecule has 1 aromatic carbocycles. The molecule has 4 fully saturated rings. The van der Waals surface area contributed by atoms with Crippen LogP contribution in [-0.2, 0) is 0 Å². The number of fused-ring (bicyclic) bond motifs is 3. The van der Waals surface area contributed by atoms with Crippen LogP contribution in [0, 0.1) is 5.82 Å². The van der Waals surface area contributed by atoms with Crippen LogP contribution < -0.4 is 14.5 Å². The first kappa shape index (κ1) is 26.8. The predicted molar refractivity (Wildman–Crippen MR) is 154 cm³/mol. The number of piperidine rings is 1. The van der Waals surface area contributed by atoms with Gasteiger partial charge in [-0.15, -0.1) is 0 Å². The standard InChI is InChI=1S/C30H34ClFN6O4/c31-20-8-4-7-18-23(20)38(28(11-12-28)24(18)39)26-21(32)22-19(17-33-26)25(36-13-2-1-3-14-36)35-27(34-22)42-30(40,41)29-9-5-15-37(29)16-6-10-29/h4,7-8,17,24,39-41H,1-3,5-6,9-16H2. The lowest BCUT2D eigenvalue weighted by atomic mass is 9.91. The Hall–Kier alpha value is -2.83. The molecule has 1 spiro atoms. The van der Waals surface area contributed by atoms with Crippen molar-refractivity contribution in [1.29, 1.82) is 0 Å². The Bertz CT molecular complexity index is 1570. The number of aromatic nitrogens is 3. The van der Waals surface area contributed by atoms with Crippen LogP contribution in [0.3, 0.4) is 0 Å². The molecule has 8 rings (SSSR count). The van der Waals surface area contributed by atoms with E-state index in [0.29, 0.717) is 53.2 Å². The van der Waals surface area contributed by atoms with Gasteiger partial charge in [0.25, 0.3) is 0 Å². The van der Waals surface area contributed by atoms with Gasteiger partial charge in [-0.25, -0.2) is 9.37 Å². The second-order valence-electron chi connectivity index (χ2n) is 12.5. The molecule has 2 aromatic heterocycles. The number of aliphatic hydroxyl groups excluding tert-OH is 1. The summed E-state index contributed by atoms with van der Waals surface area (Å²) in [5, 5.41) is 34.8. The highest BCUT2D eigenvalue weighted by Gasteiger charge is 2.62. The number of anilines is 3. The van der Waals surface area contributed by atoms with Crippen LogP contribution >= 0.6 is 11.6 Å². The third-order valence-corrected chi connectivity index (χ3v) is 10.5. The average Bonchev–Trinajstić information content (AvgIpc) is 3.37. The summed E-state index contributed by atoms with van der Waals surface area (Å²) in [6.07, 6.45) is 7.89. The van der Waals surface area contributed by atoms with E-state index in [4.69, 9.17) is 16.3 Å². The fourth-order valence-electron chi connectivity index (χ4n) is 7.98. The van der Waals surface area contributed by atoms with Crippen LogP contribution in [0.2, 0.25) is 5.02 Å². The van der Waals surface area contributed by atoms with Gasteiger partial charge in [0, 0.05) is 24.8 Å². The van der Waals surface area contributed by atoms with Crippen molar-refractivity contribution in [3.8, 4) is 6.01 Å². The maximum atomic E-state index is 16.8. The number of halogens is 2. The normalized spacial score (nSPS) is 24.5. The van der Waals surface area contributed by atoms with Crippen LogP contribution in [0.25, 0.3) is 10.9 Å². The summed E-state index contributed by atoms with van der Waals surface area (Å²) >= 11 is 6.62. The number of ether oxygens (including phenoxy) is 1. The quantitative estimate of drug-likeness (QED) is 0.370. The minimum absolute atomic E-state index is 0.00996. The van der Waals surface area contributed by atoms with E-state index < -0.39 is 29.0 Å². The molecule has 0 amide bonds. The zero-order chi connectivity index (χ0) is 28.9. The fourth-order valence-corrected chi connectivity index (χ4v) is 8.25. The SMILES string of the molecule is OC1c2cccc(Cl)c2N(c2ncc3c(N4CCCCC4)nc(OC(O)(O)C45CCCN4CCC5)nc3c2F)C12CC2. The molecule has 4 aliphatic heterocycles. The third-order valence-electron chi connectivity index (χ3n) is 10.2. The molecular formula is C30H34ClFN6O4. The molecule has 1 atom stereocenters. The Morgan fingerprint density at radius 3 is 2.40 bits per heavy atom. The summed E-state index contributed by atoms with van der Waals surface area (Å²) in [5.41, 5.74) is -0.523. The van der Waals surface area contributed by atoms with Gasteiger partial charge in [0.2, 0.25) is 0 Å². The second-order valence-corrected chi connectivity index (χ2v) is 12.9. The van der Waals surface area contributed by atoms with Gasteiger partial charge < -0.3 is 29.9 Å². The molecule has 5 aliphatic rings. The maximum absolute atomic E-state index is 16.8. The number of nitrogens with zero attached hydrogens (tertiary/aromatic N) is 6. The summed E-state index contributed by atoms with van der Waals surface area (Å²) in [5.74, 6) is -2.79. The van der Waals surface area contributed by atoms with E-state index in [1.54, 1.807) is 23.2 Å². The molecule has 42 heavy (non-hydrogen) atoms. The van der Waals surface area contributed by atoms with Gasteiger partial charge in [0.05, 0.1) is 21.6 Å². The van der Waals surface area contributed by atoms with E-state index >= 15 is 4.39 Å². The number of benzene rings is 1. The smallest absolute Gasteiger partial charge is 0.343 e. The Balaban J connectivity index is 1.27. The first-order valence-electron chi connectivity index (χ1n) is 15.0. The van der Waals surface area contributed by atoms with Crippen molar-refractivity contribution in [3.05, 3.63) is 40.8 Å². The molecule has 1 unspecified atom stereocenters. The van der Waals surface area contributed by atoms with E-state index in [1.165, 1.54) is 0 Å². The van der Waals surface area contributed by atoms with E-state index in [2.05, 4.69) is 24.8 Å². The minimum atomic E-state index is -2.55. The van der Waals surface area contributed by atoms with Gasteiger partial charge in [-0.3, -0.25) is 4.90 Å². The van der Waals surface area contributed by atoms with Crippen molar-refractivity contribution in [2.45, 2.75) is 80.9 Å². The van der Waals surface area contributed by atoms with E-state index in [1.807, 2.05) is 6.07 Å². The van der Waals surface area contributed by atoms with Crippen molar-refractivity contribution in [2.24, 2.45) is 0 Å². The molecular weight excluding hydrogens is 563 g/mol. The van der Waals surface area contributed by atoms with Crippen LogP contribution in [0.1, 0.15) is 69.5 Å². The highest BCUT2D eigenvalue weighted by atomic mass is 35.5. The van der Waals surface area contributed by atoms with Gasteiger partial charge in [-0.2, -0.15) is 9.97 Å². The third kappa shape index (κ3) is 3.67. The molecule has 3 aromatic rings. The molecule has 222 valence electrons. The van der Waals surface area contributed by atoms with Crippen LogP contribution in [-0.4, -0.2) is 78.4 Å². The zero-order valence-corrected chi connectivity index (χ0v) is 24.0. The molecule has 1 saturated carbocycles. The number of hydrogen-bond acceptors (Lipinski definition) is 10. The van der Waals surface area contributed by atoms with Crippen LogP contribution in [0.4, 0.5) is 21.7 Å². The van der Waals surface area contributed by atoms with Gasteiger partial charge in [-0.1, -0.05) is 23.7 Å². The fraction of sp³-hybridized carbons (Fsp3) is 0.567. The maximum Gasteiger partial charge on any atom is 0.343 e. The predicted octanol–water partition coefficient (Wildman–Crippen LogP) is 4.17. The summed E-state index contributed by atoms with van der Waals surface area (Å²) in [6.45, 7) is 2.98. The summed E-state index contributed by atoms with van der Waals surface area (Å²) in [4.78, 5) is 19.5. The molecule has 1 aliphatic carbocycles. The van der Waals surface area contributed by atoms with Crippen LogP contribution in [0.5, 0.6) is 6.01 Å².